The number of rotatable bonds is 11. The van der Waals surface area contributed by atoms with Crippen LogP contribution in [0.1, 0.15) is 17.5 Å². The first-order valence-corrected chi connectivity index (χ1v) is 10.7. The summed E-state index contributed by atoms with van der Waals surface area (Å²) >= 11 is 12.4. The number of benzene rings is 2. The monoisotopic (exact) mass is 462 g/mol. The van der Waals surface area contributed by atoms with Crippen molar-refractivity contribution >= 4 is 40.0 Å². The van der Waals surface area contributed by atoms with Gasteiger partial charge in [-0.05, 0) is 48.7 Å². The van der Waals surface area contributed by atoms with Gasteiger partial charge in [0, 0.05) is 35.1 Å². The number of para-hydroxylation sites is 1. The van der Waals surface area contributed by atoms with E-state index in [1.165, 1.54) is 0 Å². The molecule has 0 aliphatic heterocycles. The predicted octanol–water partition coefficient (Wildman–Crippen LogP) is 4.24. The zero-order valence-corrected chi connectivity index (χ0v) is 18.4. The van der Waals surface area contributed by atoms with Crippen LogP contribution in [0.15, 0.2) is 47.8 Å². The van der Waals surface area contributed by atoms with Gasteiger partial charge in [-0.3, -0.25) is 4.79 Å². The Labute approximate surface area is 190 Å². The molecule has 0 aliphatic rings. The number of halogens is 2. The van der Waals surface area contributed by atoms with E-state index >= 15 is 0 Å². The molecule has 0 saturated heterocycles. The van der Waals surface area contributed by atoms with Crippen LogP contribution in [0.4, 0.5) is 0 Å². The normalized spacial score (nSPS) is 12.0. The van der Waals surface area contributed by atoms with Gasteiger partial charge in [-0.1, -0.05) is 46.6 Å². The first-order chi connectivity index (χ1) is 15.0. The standard InChI is InChI=1S/C22H24Cl2N4O3/c23-16-10-15(21(18(24)12-16)31-9-3-7-25)11-20(28-30)22(29)26-8-6-14-13-27-19-5-2-1-4-17(14)19/h1-2,4-5,10,12-13,20,27H,3,6-9,11,25H2,(H,26,29). The molecule has 1 aromatic heterocycles. The number of aromatic amines is 1. The van der Waals surface area contributed by atoms with Crippen LogP contribution in [0.25, 0.3) is 10.9 Å². The quantitative estimate of drug-likeness (QED) is 0.292. The Morgan fingerprint density at radius 2 is 2.03 bits per heavy atom. The van der Waals surface area contributed by atoms with Crippen molar-refractivity contribution < 1.29 is 9.53 Å². The Morgan fingerprint density at radius 1 is 1.23 bits per heavy atom. The fourth-order valence-corrected chi connectivity index (χ4v) is 3.94. The Balaban J connectivity index is 1.63. The topological polar surface area (TPSA) is 110 Å². The number of carbonyl (C=O) groups excluding carboxylic acids is 1. The van der Waals surface area contributed by atoms with Crippen molar-refractivity contribution in [2.45, 2.75) is 25.3 Å². The van der Waals surface area contributed by atoms with E-state index in [2.05, 4.69) is 15.5 Å². The Bertz CT molecular complexity index is 1050. The molecular weight excluding hydrogens is 439 g/mol. The summed E-state index contributed by atoms with van der Waals surface area (Å²) in [6.45, 7) is 1.21. The third-order valence-corrected chi connectivity index (χ3v) is 5.39. The number of amides is 1. The van der Waals surface area contributed by atoms with Crippen LogP contribution in [0, 0.1) is 4.91 Å². The lowest BCUT2D eigenvalue weighted by molar-refractivity contribution is -0.122. The molecule has 0 bridgehead atoms. The third-order valence-electron chi connectivity index (χ3n) is 4.89. The predicted molar refractivity (Wildman–Crippen MR) is 124 cm³/mol. The van der Waals surface area contributed by atoms with Gasteiger partial charge < -0.3 is 20.8 Å². The minimum absolute atomic E-state index is 0.0284. The molecule has 31 heavy (non-hydrogen) atoms. The van der Waals surface area contributed by atoms with Crippen LogP contribution in [-0.4, -0.2) is 36.6 Å². The average molecular weight is 463 g/mol. The smallest absolute Gasteiger partial charge is 0.248 e. The number of H-pyrrole nitrogens is 1. The fourth-order valence-electron chi connectivity index (χ4n) is 3.35. The Hall–Kier alpha value is -2.61. The first kappa shape index (κ1) is 23.1. The number of nitrogens with zero attached hydrogens (tertiary/aromatic N) is 1. The van der Waals surface area contributed by atoms with Crippen molar-refractivity contribution in [1.29, 1.82) is 0 Å². The maximum absolute atomic E-state index is 12.6. The lowest BCUT2D eigenvalue weighted by Crippen LogP contribution is -2.36. The maximum atomic E-state index is 12.6. The third kappa shape index (κ3) is 5.97. The van der Waals surface area contributed by atoms with Gasteiger partial charge in [-0.25, -0.2) is 0 Å². The molecule has 0 radical (unpaired) electrons. The second-order valence-corrected chi connectivity index (χ2v) is 7.94. The number of nitrogens with one attached hydrogen (secondary N) is 2. The summed E-state index contributed by atoms with van der Waals surface area (Å²) in [5, 5.41) is 7.60. The van der Waals surface area contributed by atoms with Gasteiger partial charge in [0.25, 0.3) is 0 Å². The molecule has 2 aromatic carbocycles. The molecule has 1 amide bonds. The number of hydrogen-bond acceptors (Lipinski definition) is 5. The molecule has 1 heterocycles. The van der Waals surface area contributed by atoms with E-state index in [4.69, 9.17) is 33.7 Å². The van der Waals surface area contributed by atoms with E-state index in [9.17, 15) is 9.70 Å². The van der Waals surface area contributed by atoms with E-state index in [1.807, 2.05) is 30.5 Å². The number of ether oxygens (including phenoxy) is 1. The summed E-state index contributed by atoms with van der Waals surface area (Å²) in [6, 6.07) is 9.99. The molecule has 3 rings (SSSR count). The van der Waals surface area contributed by atoms with Crippen molar-refractivity contribution in [2.24, 2.45) is 10.9 Å². The number of aromatic nitrogens is 1. The molecule has 164 valence electrons. The summed E-state index contributed by atoms with van der Waals surface area (Å²) in [6.07, 6.45) is 3.21. The Kier molecular flexibility index (Phi) is 8.28. The number of carbonyl (C=O) groups is 1. The van der Waals surface area contributed by atoms with E-state index in [0.29, 0.717) is 53.9 Å². The highest BCUT2D eigenvalue weighted by atomic mass is 35.5. The van der Waals surface area contributed by atoms with Gasteiger partial charge in [0.2, 0.25) is 5.91 Å². The van der Waals surface area contributed by atoms with E-state index < -0.39 is 11.9 Å². The molecule has 0 saturated carbocycles. The van der Waals surface area contributed by atoms with Crippen LogP contribution in [0.5, 0.6) is 5.75 Å². The van der Waals surface area contributed by atoms with Gasteiger partial charge in [0.15, 0.2) is 6.04 Å². The molecule has 7 nitrogen and oxygen atoms in total. The van der Waals surface area contributed by atoms with E-state index in [-0.39, 0.29) is 6.42 Å². The number of nitrogens with two attached hydrogens (primary N) is 1. The second-order valence-electron chi connectivity index (χ2n) is 7.09. The summed E-state index contributed by atoms with van der Waals surface area (Å²) < 4.78 is 5.71. The average Bonchev–Trinajstić information content (AvgIpc) is 3.16. The largest absolute Gasteiger partial charge is 0.492 e. The molecule has 1 unspecified atom stereocenters. The first-order valence-electron chi connectivity index (χ1n) is 9.99. The van der Waals surface area contributed by atoms with Crippen molar-refractivity contribution in [3.05, 3.63) is 68.7 Å². The SMILES string of the molecule is NCCCOc1c(Cl)cc(Cl)cc1CC(N=O)C(=O)NCCc1c[nH]c2ccccc12. The molecule has 0 fully saturated rings. The van der Waals surface area contributed by atoms with Crippen LogP contribution in [0.2, 0.25) is 10.0 Å². The second kappa shape index (κ2) is 11.1. The maximum Gasteiger partial charge on any atom is 0.248 e. The zero-order valence-electron chi connectivity index (χ0n) is 16.9. The van der Waals surface area contributed by atoms with Crippen LogP contribution in [-0.2, 0) is 17.6 Å². The van der Waals surface area contributed by atoms with Crippen LogP contribution >= 0.6 is 23.2 Å². The lowest BCUT2D eigenvalue weighted by atomic mass is 10.0. The highest BCUT2D eigenvalue weighted by Gasteiger charge is 2.23. The summed E-state index contributed by atoms with van der Waals surface area (Å²) in [5.41, 5.74) is 8.17. The molecule has 4 N–H and O–H groups in total. The van der Waals surface area contributed by atoms with Crippen molar-refractivity contribution in [2.75, 3.05) is 19.7 Å². The van der Waals surface area contributed by atoms with E-state index in [0.717, 1.165) is 16.5 Å². The van der Waals surface area contributed by atoms with Crippen molar-refractivity contribution in [3.8, 4) is 5.75 Å². The van der Waals surface area contributed by atoms with Crippen LogP contribution < -0.4 is 15.8 Å². The summed E-state index contributed by atoms with van der Waals surface area (Å²) in [5.74, 6) is -0.0707. The highest BCUT2D eigenvalue weighted by Crippen LogP contribution is 2.33. The number of nitroso groups, excluding NO2 is 1. The van der Waals surface area contributed by atoms with Crippen molar-refractivity contribution in [3.63, 3.8) is 0 Å². The fraction of sp³-hybridized carbons (Fsp3) is 0.318. The number of hydrogen-bond donors (Lipinski definition) is 3. The van der Waals surface area contributed by atoms with Gasteiger partial charge in [0.05, 0.1) is 11.6 Å². The lowest BCUT2D eigenvalue weighted by Gasteiger charge is -2.16. The zero-order chi connectivity index (χ0) is 22.2. The molecular formula is C22H24Cl2N4O3. The van der Waals surface area contributed by atoms with Gasteiger partial charge >= 0.3 is 0 Å². The molecule has 1 atom stereocenters. The Morgan fingerprint density at radius 3 is 2.81 bits per heavy atom. The molecule has 0 spiro atoms. The highest BCUT2D eigenvalue weighted by molar-refractivity contribution is 6.35. The minimum atomic E-state index is -1.13. The molecule has 0 aliphatic carbocycles. The summed E-state index contributed by atoms with van der Waals surface area (Å²) in [7, 11) is 0. The minimum Gasteiger partial charge on any atom is -0.492 e. The van der Waals surface area contributed by atoms with Gasteiger partial charge in [0.1, 0.15) is 5.75 Å². The van der Waals surface area contributed by atoms with Gasteiger partial charge in [-0.15, -0.1) is 4.91 Å². The van der Waals surface area contributed by atoms with Crippen molar-refractivity contribution in [1.82, 2.24) is 10.3 Å². The van der Waals surface area contributed by atoms with Crippen LogP contribution in [0.3, 0.4) is 0 Å². The summed E-state index contributed by atoms with van der Waals surface area (Å²) in [4.78, 5) is 27.2. The van der Waals surface area contributed by atoms with Gasteiger partial charge in [-0.2, -0.15) is 0 Å². The van der Waals surface area contributed by atoms with E-state index in [1.54, 1.807) is 12.1 Å². The number of fused-ring (bicyclic) bond motifs is 1. The molecule has 9 heteroatoms. The molecule has 3 aromatic rings.